The summed E-state index contributed by atoms with van der Waals surface area (Å²) < 4.78 is 26.0. The Balaban J connectivity index is 2.96. The number of terminal acetylenes is 1. The zero-order valence-corrected chi connectivity index (χ0v) is 11.3. The van der Waals surface area contributed by atoms with E-state index in [1.807, 2.05) is 6.92 Å². The van der Waals surface area contributed by atoms with Crippen molar-refractivity contribution in [2.45, 2.75) is 30.7 Å². The van der Waals surface area contributed by atoms with Crippen LogP contribution in [-0.4, -0.2) is 25.5 Å². The molecule has 19 heavy (non-hydrogen) atoms. The van der Waals surface area contributed by atoms with Crippen molar-refractivity contribution in [3.8, 4) is 12.3 Å². The minimum atomic E-state index is -3.88. The number of carboxylic acid groups (broad SMARTS) is 1. The Morgan fingerprint density at radius 3 is 2.42 bits per heavy atom. The average Bonchev–Trinajstić information content (AvgIpc) is 2.38. The van der Waals surface area contributed by atoms with E-state index in [1.165, 1.54) is 12.1 Å². The van der Waals surface area contributed by atoms with E-state index in [-0.39, 0.29) is 11.3 Å². The molecular formula is C13H15NO4S. The minimum Gasteiger partial charge on any atom is -0.480 e. The van der Waals surface area contributed by atoms with Crippen LogP contribution in [0.3, 0.4) is 0 Å². The topological polar surface area (TPSA) is 83.5 Å². The van der Waals surface area contributed by atoms with Crippen LogP contribution in [0.25, 0.3) is 0 Å². The SMILES string of the molecule is C#CCC(NS(=O)(=O)c1ccc(CC)cc1)C(=O)O. The quantitative estimate of drug-likeness (QED) is 0.762. The molecule has 1 aromatic rings. The first kappa shape index (κ1) is 15.2. The predicted octanol–water partition coefficient (Wildman–Crippen LogP) is 1.00. The van der Waals surface area contributed by atoms with Crippen LogP contribution < -0.4 is 4.72 Å². The molecule has 102 valence electrons. The maximum absolute atomic E-state index is 12.0. The fraction of sp³-hybridized carbons (Fsp3) is 0.308. The molecule has 0 aliphatic heterocycles. The van der Waals surface area contributed by atoms with Crippen molar-refractivity contribution in [2.24, 2.45) is 0 Å². The number of sulfonamides is 1. The summed E-state index contributed by atoms with van der Waals surface area (Å²) in [4.78, 5) is 10.9. The van der Waals surface area contributed by atoms with Gasteiger partial charge in [-0.25, -0.2) is 8.42 Å². The van der Waals surface area contributed by atoms with Gasteiger partial charge in [0.25, 0.3) is 0 Å². The lowest BCUT2D eigenvalue weighted by molar-refractivity contribution is -0.138. The molecule has 1 unspecified atom stereocenters. The number of aliphatic carboxylic acids is 1. The fourth-order valence-electron chi connectivity index (χ4n) is 1.46. The second-order valence-corrected chi connectivity index (χ2v) is 5.63. The Labute approximate surface area is 112 Å². The van der Waals surface area contributed by atoms with E-state index in [0.29, 0.717) is 0 Å². The van der Waals surface area contributed by atoms with Gasteiger partial charge in [0.15, 0.2) is 0 Å². The number of carboxylic acids is 1. The normalized spacial score (nSPS) is 12.6. The van der Waals surface area contributed by atoms with Crippen LogP contribution in [0.5, 0.6) is 0 Å². The summed E-state index contributed by atoms with van der Waals surface area (Å²) in [6, 6.07) is 4.93. The van der Waals surface area contributed by atoms with Crippen LogP contribution in [0, 0.1) is 12.3 Å². The lowest BCUT2D eigenvalue weighted by Crippen LogP contribution is -2.40. The Morgan fingerprint density at radius 2 is 2.00 bits per heavy atom. The average molecular weight is 281 g/mol. The molecule has 1 aromatic carbocycles. The molecule has 0 amide bonds. The van der Waals surface area contributed by atoms with E-state index in [4.69, 9.17) is 11.5 Å². The number of rotatable bonds is 6. The third-order valence-electron chi connectivity index (χ3n) is 2.56. The molecule has 0 saturated carbocycles. The van der Waals surface area contributed by atoms with Gasteiger partial charge in [0, 0.05) is 6.42 Å². The second kappa shape index (κ2) is 6.36. The molecule has 0 saturated heterocycles. The van der Waals surface area contributed by atoms with E-state index in [0.717, 1.165) is 12.0 Å². The summed E-state index contributed by atoms with van der Waals surface area (Å²) in [5.41, 5.74) is 0.998. The van der Waals surface area contributed by atoms with Gasteiger partial charge < -0.3 is 5.11 Å². The lowest BCUT2D eigenvalue weighted by Gasteiger charge is -2.12. The number of hydrogen-bond acceptors (Lipinski definition) is 3. The van der Waals surface area contributed by atoms with E-state index < -0.39 is 22.0 Å². The number of benzene rings is 1. The summed E-state index contributed by atoms with van der Waals surface area (Å²) in [6.07, 6.45) is 5.60. The van der Waals surface area contributed by atoms with Crippen LogP contribution in [0.2, 0.25) is 0 Å². The molecule has 5 nitrogen and oxygen atoms in total. The molecule has 2 N–H and O–H groups in total. The first-order valence-corrected chi connectivity index (χ1v) is 7.16. The Bertz CT molecular complexity index is 584. The van der Waals surface area contributed by atoms with Gasteiger partial charge in [-0.1, -0.05) is 19.1 Å². The van der Waals surface area contributed by atoms with E-state index in [1.54, 1.807) is 12.1 Å². The molecule has 0 radical (unpaired) electrons. The highest BCUT2D eigenvalue weighted by Crippen LogP contribution is 2.12. The van der Waals surface area contributed by atoms with Crippen molar-refractivity contribution in [2.75, 3.05) is 0 Å². The van der Waals surface area contributed by atoms with Crippen molar-refractivity contribution < 1.29 is 18.3 Å². The molecule has 0 aromatic heterocycles. The molecule has 1 rings (SSSR count). The summed E-state index contributed by atoms with van der Waals surface area (Å²) >= 11 is 0. The molecule has 0 spiro atoms. The van der Waals surface area contributed by atoms with Crippen molar-refractivity contribution in [3.05, 3.63) is 29.8 Å². The maximum atomic E-state index is 12.0. The lowest BCUT2D eigenvalue weighted by atomic mass is 10.2. The summed E-state index contributed by atoms with van der Waals surface area (Å²) in [6.45, 7) is 1.95. The number of aryl methyl sites for hydroxylation is 1. The Morgan fingerprint density at radius 1 is 1.42 bits per heavy atom. The highest BCUT2D eigenvalue weighted by molar-refractivity contribution is 7.89. The van der Waals surface area contributed by atoms with Gasteiger partial charge in [0.1, 0.15) is 6.04 Å². The van der Waals surface area contributed by atoms with Gasteiger partial charge in [-0.15, -0.1) is 12.3 Å². The van der Waals surface area contributed by atoms with Crippen molar-refractivity contribution in [3.63, 3.8) is 0 Å². The monoisotopic (exact) mass is 281 g/mol. The standard InChI is InChI=1S/C13H15NO4S/c1-3-5-12(13(15)16)14-19(17,18)11-8-6-10(4-2)7-9-11/h1,6-9,12,14H,4-5H2,2H3,(H,15,16). The molecule has 0 fully saturated rings. The number of carbonyl (C=O) groups is 1. The van der Waals surface area contributed by atoms with E-state index in [9.17, 15) is 13.2 Å². The highest BCUT2D eigenvalue weighted by Gasteiger charge is 2.24. The highest BCUT2D eigenvalue weighted by atomic mass is 32.2. The van der Waals surface area contributed by atoms with Crippen LogP contribution in [0.1, 0.15) is 18.9 Å². The van der Waals surface area contributed by atoms with Crippen molar-refractivity contribution in [1.82, 2.24) is 4.72 Å². The zero-order valence-electron chi connectivity index (χ0n) is 10.5. The third kappa shape index (κ3) is 4.09. The first-order valence-electron chi connectivity index (χ1n) is 5.68. The molecule has 0 heterocycles. The minimum absolute atomic E-state index is 0.0213. The molecule has 0 aliphatic carbocycles. The van der Waals surface area contributed by atoms with Gasteiger partial charge >= 0.3 is 5.97 Å². The van der Waals surface area contributed by atoms with Crippen LogP contribution in [0.15, 0.2) is 29.2 Å². The van der Waals surface area contributed by atoms with E-state index >= 15 is 0 Å². The first-order chi connectivity index (χ1) is 8.90. The molecule has 6 heteroatoms. The molecule has 1 atom stereocenters. The van der Waals surface area contributed by atoms with Gasteiger partial charge in [-0.05, 0) is 24.1 Å². The summed E-state index contributed by atoms with van der Waals surface area (Å²) in [7, 11) is -3.88. The zero-order chi connectivity index (χ0) is 14.5. The largest absolute Gasteiger partial charge is 0.480 e. The predicted molar refractivity (Wildman–Crippen MR) is 71.0 cm³/mol. The molecule has 0 bridgehead atoms. The van der Waals surface area contributed by atoms with Gasteiger partial charge in [-0.3, -0.25) is 4.79 Å². The molecule has 0 aliphatic rings. The Hall–Kier alpha value is -1.84. The summed E-state index contributed by atoms with van der Waals surface area (Å²) in [5.74, 6) is 0.834. The third-order valence-corrected chi connectivity index (χ3v) is 4.05. The fourth-order valence-corrected chi connectivity index (χ4v) is 2.65. The molecular weight excluding hydrogens is 266 g/mol. The number of hydrogen-bond donors (Lipinski definition) is 2. The van der Waals surface area contributed by atoms with Crippen LogP contribution >= 0.6 is 0 Å². The van der Waals surface area contributed by atoms with Gasteiger partial charge in [0.05, 0.1) is 4.90 Å². The maximum Gasteiger partial charge on any atom is 0.322 e. The van der Waals surface area contributed by atoms with Gasteiger partial charge in [-0.2, -0.15) is 4.72 Å². The van der Waals surface area contributed by atoms with Crippen LogP contribution in [-0.2, 0) is 21.2 Å². The van der Waals surface area contributed by atoms with Crippen molar-refractivity contribution in [1.29, 1.82) is 0 Å². The number of nitrogens with one attached hydrogen (secondary N) is 1. The van der Waals surface area contributed by atoms with Crippen molar-refractivity contribution >= 4 is 16.0 Å². The van der Waals surface area contributed by atoms with Crippen LogP contribution in [0.4, 0.5) is 0 Å². The van der Waals surface area contributed by atoms with Gasteiger partial charge in [0.2, 0.25) is 10.0 Å². The van der Waals surface area contributed by atoms with E-state index in [2.05, 4.69) is 10.6 Å². The second-order valence-electron chi connectivity index (χ2n) is 3.92. The smallest absolute Gasteiger partial charge is 0.322 e. The summed E-state index contributed by atoms with van der Waals surface area (Å²) in [5, 5.41) is 8.87. The Kier molecular flexibility index (Phi) is 5.10.